The summed E-state index contributed by atoms with van der Waals surface area (Å²) in [6.45, 7) is 4.94. The standard InChI is InChI=1S/C16H22Cl2N2O2.HI/c1-3-19-11-20(2,8-6-4-5-7-16(21)22)15-10-13(18)12(17)9-14(15)19;/h9-10H,3-8,11H2,1-2H3;1H. The Balaban J connectivity index is 0.00000264. The summed E-state index contributed by atoms with van der Waals surface area (Å²) in [5, 5.41) is 9.87. The van der Waals surface area contributed by atoms with Gasteiger partial charge in [-0.1, -0.05) is 23.2 Å². The van der Waals surface area contributed by atoms with E-state index in [1.165, 1.54) is 5.69 Å². The van der Waals surface area contributed by atoms with Gasteiger partial charge in [-0.3, -0.25) is 9.28 Å². The van der Waals surface area contributed by atoms with Gasteiger partial charge < -0.3 is 34.0 Å². The zero-order valence-electron chi connectivity index (χ0n) is 13.5. The summed E-state index contributed by atoms with van der Waals surface area (Å²) in [5.41, 5.74) is 2.36. The van der Waals surface area contributed by atoms with E-state index < -0.39 is 5.97 Å². The molecule has 1 unspecified atom stereocenters. The fraction of sp³-hybridized carbons (Fsp3) is 0.562. The number of aliphatic carboxylic acids is 1. The van der Waals surface area contributed by atoms with Gasteiger partial charge in [-0.05, 0) is 32.3 Å². The van der Waals surface area contributed by atoms with Crippen LogP contribution >= 0.6 is 23.2 Å². The van der Waals surface area contributed by atoms with Crippen LogP contribution in [0.3, 0.4) is 0 Å². The van der Waals surface area contributed by atoms with E-state index in [-0.39, 0.29) is 30.4 Å². The molecule has 1 N–H and O–H groups in total. The second-order valence-corrected chi connectivity index (χ2v) is 6.89. The van der Waals surface area contributed by atoms with E-state index in [0.29, 0.717) is 10.0 Å². The maximum Gasteiger partial charge on any atom is 0.303 e. The number of carbonyl (C=O) groups is 1. The summed E-state index contributed by atoms with van der Waals surface area (Å²) in [4.78, 5) is 12.9. The van der Waals surface area contributed by atoms with Gasteiger partial charge in [0, 0.05) is 19.0 Å². The second kappa shape index (κ2) is 8.74. The third-order valence-corrected chi connectivity index (χ3v) is 5.07. The summed E-state index contributed by atoms with van der Waals surface area (Å²) >= 11 is 12.4. The van der Waals surface area contributed by atoms with Gasteiger partial charge in [0.1, 0.15) is 5.69 Å². The number of halogens is 3. The highest BCUT2D eigenvalue weighted by atomic mass is 127. The van der Waals surface area contributed by atoms with Crippen LogP contribution in [0.4, 0.5) is 11.4 Å². The Kier molecular flexibility index (Phi) is 7.90. The summed E-state index contributed by atoms with van der Waals surface area (Å²) in [6, 6.07) is 3.93. The molecule has 2 rings (SSSR count). The predicted molar refractivity (Wildman–Crippen MR) is 93.0 cm³/mol. The molecule has 1 aliphatic heterocycles. The molecule has 1 aliphatic rings. The Morgan fingerprint density at radius 2 is 1.91 bits per heavy atom. The Morgan fingerprint density at radius 3 is 2.52 bits per heavy atom. The average molecular weight is 473 g/mol. The molecule has 1 aromatic carbocycles. The first-order chi connectivity index (χ1) is 10.4. The minimum absolute atomic E-state index is 0. The molecule has 23 heavy (non-hydrogen) atoms. The molecule has 1 aromatic rings. The highest BCUT2D eigenvalue weighted by Crippen LogP contribution is 2.44. The topological polar surface area (TPSA) is 40.5 Å². The number of hydrogen-bond donors (Lipinski definition) is 1. The summed E-state index contributed by atoms with van der Waals surface area (Å²) in [5.74, 6) is -0.717. The van der Waals surface area contributed by atoms with Crippen LogP contribution in [0, 0.1) is 0 Å². The molecule has 0 aromatic heterocycles. The molecule has 0 aliphatic carbocycles. The molecule has 130 valence electrons. The van der Waals surface area contributed by atoms with Crippen molar-refractivity contribution in [2.75, 3.05) is 31.7 Å². The first-order valence-corrected chi connectivity index (χ1v) is 8.44. The van der Waals surface area contributed by atoms with E-state index in [1.54, 1.807) is 0 Å². The lowest BCUT2D eigenvalue weighted by Crippen LogP contribution is -3.00. The number of rotatable bonds is 7. The second-order valence-electron chi connectivity index (χ2n) is 6.08. The van der Waals surface area contributed by atoms with Crippen molar-refractivity contribution in [1.29, 1.82) is 0 Å². The van der Waals surface area contributed by atoms with Crippen molar-refractivity contribution in [2.24, 2.45) is 0 Å². The molecule has 0 amide bonds. The fourth-order valence-corrected chi connectivity index (χ4v) is 3.43. The van der Waals surface area contributed by atoms with Gasteiger partial charge >= 0.3 is 5.97 Å². The van der Waals surface area contributed by atoms with E-state index >= 15 is 0 Å². The average Bonchev–Trinajstić information content (AvgIpc) is 2.72. The predicted octanol–water partition coefficient (Wildman–Crippen LogP) is 1.38. The monoisotopic (exact) mass is 472 g/mol. The lowest BCUT2D eigenvalue weighted by Gasteiger charge is -2.30. The SMILES string of the molecule is CCN1C[N+](C)(CCCCCC(=O)O)c2cc(Cl)c(Cl)cc21.[I-]. The number of fused-ring (bicyclic) bond motifs is 1. The van der Waals surface area contributed by atoms with E-state index in [2.05, 4.69) is 18.9 Å². The van der Waals surface area contributed by atoms with Crippen molar-refractivity contribution in [3.63, 3.8) is 0 Å². The van der Waals surface area contributed by atoms with Crippen molar-refractivity contribution in [3.8, 4) is 0 Å². The maximum absolute atomic E-state index is 10.6. The van der Waals surface area contributed by atoms with Crippen molar-refractivity contribution in [2.45, 2.75) is 32.6 Å². The van der Waals surface area contributed by atoms with Gasteiger partial charge in [-0.25, -0.2) is 0 Å². The molecule has 1 heterocycles. The maximum atomic E-state index is 10.6. The molecule has 0 bridgehead atoms. The van der Waals surface area contributed by atoms with Crippen LogP contribution in [-0.2, 0) is 4.79 Å². The summed E-state index contributed by atoms with van der Waals surface area (Å²) in [6.07, 6.45) is 2.92. The van der Waals surface area contributed by atoms with Crippen molar-refractivity contribution in [3.05, 3.63) is 22.2 Å². The fourth-order valence-electron chi connectivity index (χ4n) is 3.12. The third kappa shape index (κ3) is 4.87. The molecule has 4 nitrogen and oxygen atoms in total. The number of unbranched alkanes of at least 4 members (excludes halogenated alkanes) is 2. The lowest BCUT2D eigenvalue weighted by atomic mass is 10.1. The largest absolute Gasteiger partial charge is 1.00 e. The molecular weight excluding hydrogens is 450 g/mol. The molecule has 7 heteroatoms. The molecular formula is C16H23Cl2IN2O2. The zero-order valence-corrected chi connectivity index (χ0v) is 17.2. The van der Waals surface area contributed by atoms with Gasteiger partial charge in [0.2, 0.25) is 0 Å². The van der Waals surface area contributed by atoms with E-state index in [0.717, 1.165) is 49.2 Å². The zero-order chi connectivity index (χ0) is 16.3. The Hall–Kier alpha value is -0.240. The van der Waals surface area contributed by atoms with Crippen LogP contribution in [0.25, 0.3) is 0 Å². The molecule has 0 saturated carbocycles. The van der Waals surface area contributed by atoms with Crippen LogP contribution < -0.4 is 33.4 Å². The number of carboxylic acid groups (broad SMARTS) is 1. The molecule has 0 fully saturated rings. The van der Waals surface area contributed by atoms with Crippen LogP contribution in [0.5, 0.6) is 0 Å². The number of hydrogen-bond acceptors (Lipinski definition) is 2. The lowest BCUT2D eigenvalue weighted by molar-refractivity contribution is -0.137. The number of nitrogens with zero attached hydrogens (tertiary/aromatic N) is 2. The van der Waals surface area contributed by atoms with E-state index in [1.807, 2.05) is 12.1 Å². The Bertz CT molecular complexity index is 571. The van der Waals surface area contributed by atoms with Crippen LogP contribution in [0.1, 0.15) is 32.6 Å². The number of quaternary nitrogens is 1. The first-order valence-electron chi connectivity index (χ1n) is 7.68. The molecule has 0 spiro atoms. The minimum atomic E-state index is -0.717. The highest BCUT2D eigenvalue weighted by Gasteiger charge is 2.38. The Labute approximate surface area is 165 Å². The van der Waals surface area contributed by atoms with Gasteiger partial charge in [0.05, 0.1) is 23.6 Å². The third-order valence-electron chi connectivity index (χ3n) is 4.35. The van der Waals surface area contributed by atoms with E-state index in [4.69, 9.17) is 28.3 Å². The Morgan fingerprint density at radius 1 is 1.26 bits per heavy atom. The van der Waals surface area contributed by atoms with Crippen molar-refractivity contribution in [1.82, 2.24) is 4.48 Å². The molecule has 0 radical (unpaired) electrons. The molecule has 0 saturated heterocycles. The normalized spacial score (nSPS) is 19.4. The smallest absolute Gasteiger partial charge is 0.303 e. The van der Waals surface area contributed by atoms with Gasteiger partial charge in [-0.15, -0.1) is 0 Å². The summed E-state index contributed by atoms with van der Waals surface area (Å²) in [7, 11) is 2.20. The first kappa shape index (κ1) is 20.8. The number of benzene rings is 1. The molecule has 1 atom stereocenters. The minimum Gasteiger partial charge on any atom is -1.00 e. The highest BCUT2D eigenvalue weighted by molar-refractivity contribution is 6.42. The quantitative estimate of drug-likeness (QED) is 0.370. The van der Waals surface area contributed by atoms with Gasteiger partial charge in [0.15, 0.2) is 12.4 Å². The van der Waals surface area contributed by atoms with Gasteiger partial charge in [0.25, 0.3) is 0 Å². The summed E-state index contributed by atoms with van der Waals surface area (Å²) < 4.78 is 0.799. The van der Waals surface area contributed by atoms with Crippen molar-refractivity contribution < 1.29 is 33.9 Å². The van der Waals surface area contributed by atoms with Crippen molar-refractivity contribution >= 4 is 40.5 Å². The number of anilines is 1. The van der Waals surface area contributed by atoms with Crippen LogP contribution in [-0.4, -0.2) is 37.9 Å². The van der Waals surface area contributed by atoms with Gasteiger partial charge in [-0.2, -0.15) is 0 Å². The van der Waals surface area contributed by atoms with Crippen LogP contribution in [0.2, 0.25) is 10.0 Å². The number of carboxylic acids is 1. The van der Waals surface area contributed by atoms with E-state index in [9.17, 15) is 4.79 Å². The van der Waals surface area contributed by atoms with Crippen LogP contribution in [0.15, 0.2) is 12.1 Å².